The molecule has 0 saturated carbocycles. The van der Waals surface area contributed by atoms with Crippen LogP contribution >= 0.6 is 31.9 Å². The van der Waals surface area contributed by atoms with Gasteiger partial charge in [-0.15, -0.1) is 0 Å². The van der Waals surface area contributed by atoms with Gasteiger partial charge in [0.05, 0.1) is 10.7 Å². The topological polar surface area (TPSA) is 13.1 Å². The summed E-state index contributed by atoms with van der Waals surface area (Å²) in [6.45, 7) is 4.24. The maximum absolute atomic E-state index is 5.31. The van der Waals surface area contributed by atoms with Crippen molar-refractivity contribution >= 4 is 31.9 Å². The molecule has 3 heteroatoms. The van der Waals surface area contributed by atoms with Crippen LogP contribution in [-0.2, 0) is 0 Å². The average molecular weight is 282 g/mol. The Kier molecular flexibility index (Phi) is 3.19. The first-order valence-electron chi connectivity index (χ1n) is 3.50. The number of rotatable bonds is 2. The van der Waals surface area contributed by atoms with Crippen LogP contribution in [0.5, 0.6) is 0 Å². The molecule has 0 fully saturated rings. The van der Waals surface area contributed by atoms with Crippen molar-refractivity contribution in [3.8, 4) is 0 Å². The summed E-state index contributed by atoms with van der Waals surface area (Å²) in [5.74, 6) is 1.41. The molecule has 1 heterocycles. The first kappa shape index (κ1) is 9.33. The molecule has 1 nitrogen and oxygen atoms in total. The molecule has 2 unspecified atom stereocenters. The molecule has 1 rings (SSSR count). The summed E-state index contributed by atoms with van der Waals surface area (Å²) in [5.41, 5.74) is 0. The van der Waals surface area contributed by atoms with Gasteiger partial charge in [-0.05, 0) is 22.0 Å². The molecule has 0 aromatic carbocycles. The Morgan fingerprint density at radius 2 is 2.09 bits per heavy atom. The first-order valence-corrected chi connectivity index (χ1v) is 5.20. The van der Waals surface area contributed by atoms with Crippen LogP contribution in [0.15, 0.2) is 21.2 Å². The van der Waals surface area contributed by atoms with Crippen molar-refractivity contribution < 1.29 is 4.42 Å². The van der Waals surface area contributed by atoms with E-state index in [9.17, 15) is 0 Å². The molecule has 0 spiro atoms. The van der Waals surface area contributed by atoms with Crippen LogP contribution in [0.3, 0.4) is 0 Å². The predicted molar refractivity (Wildman–Crippen MR) is 53.2 cm³/mol. The molecule has 0 aliphatic carbocycles. The van der Waals surface area contributed by atoms with Gasteiger partial charge in [-0.3, -0.25) is 0 Å². The van der Waals surface area contributed by atoms with Crippen molar-refractivity contribution in [3.63, 3.8) is 0 Å². The fraction of sp³-hybridized carbons (Fsp3) is 0.500. The molecule has 1 aromatic heterocycles. The van der Waals surface area contributed by atoms with E-state index in [1.807, 2.05) is 6.07 Å². The van der Waals surface area contributed by atoms with Gasteiger partial charge in [-0.25, -0.2) is 0 Å². The van der Waals surface area contributed by atoms with Crippen molar-refractivity contribution in [2.24, 2.45) is 0 Å². The van der Waals surface area contributed by atoms with Crippen molar-refractivity contribution in [2.45, 2.75) is 24.6 Å². The Labute approximate surface area is 83.4 Å². The molecule has 1 aromatic rings. The minimum atomic E-state index is 0.402. The Morgan fingerprint density at radius 1 is 1.45 bits per heavy atom. The summed E-state index contributed by atoms with van der Waals surface area (Å²) in [7, 11) is 0. The summed E-state index contributed by atoms with van der Waals surface area (Å²) < 4.78 is 6.36. The molecule has 0 aliphatic rings. The molecule has 2 atom stereocenters. The molecule has 11 heavy (non-hydrogen) atoms. The molecule has 0 aliphatic heterocycles. The van der Waals surface area contributed by atoms with Crippen LogP contribution in [0, 0.1) is 0 Å². The summed E-state index contributed by atoms with van der Waals surface area (Å²) in [6, 6.07) is 1.92. The zero-order chi connectivity index (χ0) is 8.43. The van der Waals surface area contributed by atoms with Crippen LogP contribution in [0.1, 0.15) is 25.5 Å². The third kappa shape index (κ3) is 2.09. The van der Waals surface area contributed by atoms with Gasteiger partial charge in [0.2, 0.25) is 0 Å². The Hall–Kier alpha value is 0.240. The van der Waals surface area contributed by atoms with Crippen LogP contribution in [0.2, 0.25) is 0 Å². The first-order chi connectivity index (χ1) is 5.13. The van der Waals surface area contributed by atoms with Gasteiger partial charge in [-0.1, -0.05) is 29.8 Å². The number of hydrogen-bond donors (Lipinski definition) is 0. The summed E-state index contributed by atoms with van der Waals surface area (Å²) >= 11 is 6.94. The molecule has 62 valence electrons. The van der Waals surface area contributed by atoms with Crippen LogP contribution in [0.25, 0.3) is 0 Å². The summed E-state index contributed by atoms with van der Waals surface area (Å²) in [6.07, 6.45) is 1.70. The maximum atomic E-state index is 5.31. The molecule has 0 bridgehead atoms. The average Bonchev–Trinajstić information content (AvgIpc) is 2.33. The third-order valence-corrected chi connectivity index (χ3v) is 3.20. The highest BCUT2D eigenvalue weighted by Gasteiger charge is 2.16. The van der Waals surface area contributed by atoms with Crippen molar-refractivity contribution in [3.05, 3.63) is 22.6 Å². The summed E-state index contributed by atoms with van der Waals surface area (Å²) in [5, 5.41) is 0. The minimum Gasteiger partial charge on any atom is -0.468 e. The van der Waals surface area contributed by atoms with Crippen LogP contribution < -0.4 is 0 Å². The monoisotopic (exact) mass is 280 g/mol. The lowest BCUT2D eigenvalue weighted by Crippen LogP contribution is -2.03. The third-order valence-electron chi connectivity index (χ3n) is 1.75. The second-order valence-electron chi connectivity index (χ2n) is 2.60. The quantitative estimate of drug-likeness (QED) is 0.749. The fourth-order valence-corrected chi connectivity index (χ4v) is 1.64. The van der Waals surface area contributed by atoms with Crippen LogP contribution in [-0.4, -0.2) is 4.83 Å². The molecule has 0 amide bonds. The second kappa shape index (κ2) is 3.76. The lowest BCUT2D eigenvalue weighted by atomic mass is 10.1. The molecule has 0 saturated heterocycles. The number of hydrogen-bond acceptors (Lipinski definition) is 1. The van der Waals surface area contributed by atoms with E-state index >= 15 is 0 Å². The molecule has 0 radical (unpaired) electrons. The van der Waals surface area contributed by atoms with Gasteiger partial charge in [0, 0.05) is 10.7 Å². The van der Waals surface area contributed by atoms with Gasteiger partial charge in [0.15, 0.2) is 0 Å². The number of halogens is 2. The minimum absolute atomic E-state index is 0.402. The van der Waals surface area contributed by atoms with E-state index in [1.165, 1.54) is 0 Å². The fourth-order valence-electron chi connectivity index (χ4n) is 0.839. The summed E-state index contributed by atoms with van der Waals surface area (Å²) in [4.78, 5) is 0.435. The number of furan rings is 1. The van der Waals surface area contributed by atoms with E-state index < -0.39 is 0 Å². The largest absolute Gasteiger partial charge is 0.468 e. The zero-order valence-corrected chi connectivity index (χ0v) is 9.65. The lowest BCUT2D eigenvalue weighted by Gasteiger charge is -2.10. The van der Waals surface area contributed by atoms with Gasteiger partial charge >= 0.3 is 0 Å². The predicted octanol–water partition coefficient (Wildman–Crippen LogP) is 3.93. The molecular formula is C8H10Br2O. The van der Waals surface area contributed by atoms with E-state index in [0.717, 1.165) is 10.2 Å². The van der Waals surface area contributed by atoms with E-state index in [4.69, 9.17) is 4.42 Å². The maximum Gasteiger partial charge on any atom is 0.121 e. The number of alkyl halides is 1. The Bertz CT molecular complexity index is 230. The van der Waals surface area contributed by atoms with Crippen molar-refractivity contribution in [1.29, 1.82) is 0 Å². The SMILES string of the molecule is CC(Br)C(C)c1occc1Br. The van der Waals surface area contributed by atoms with Crippen molar-refractivity contribution in [2.75, 3.05) is 0 Å². The molecule has 0 N–H and O–H groups in total. The Balaban J connectivity index is 2.84. The van der Waals surface area contributed by atoms with E-state index in [1.54, 1.807) is 6.26 Å². The standard InChI is InChI=1S/C8H10Br2O/c1-5(6(2)9)8-7(10)3-4-11-8/h3-6H,1-2H3. The van der Waals surface area contributed by atoms with E-state index in [-0.39, 0.29) is 0 Å². The van der Waals surface area contributed by atoms with Crippen LogP contribution in [0.4, 0.5) is 0 Å². The van der Waals surface area contributed by atoms with Gasteiger partial charge in [-0.2, -0.15) is 0 Å². The normalized spacial score (nSPS) is 16.4. The van der Waals surface area contributed by atoms with Gasteiger partial charge in [0.1, 0.15) is 5.76 Å². The Morgan fingerprint density at radius 3 is 2.45 bits per heavy atom. The highest BCUT2D eigenvalue weighted by molar-refractivity contribution is 9.10. The van der Waals surface area contributed by atoms with E-state index in [2.05, 4.69) is 45.7 Å². The van der Waals surface area contributed by atoms with E-state index in [0.29, 0.717) is 10.7 Å². The zero-order valence-electron chi connectivity index (χ0n) is 6.47. The highest BCUT2D eigenvalue weighted by atomic mass is 79.9. The van der Waals surface area contributed by atoms with Gasteiger partial charge < -0.3 is 4.42 Å². The second-order valence-corrected chi connectivity index (χ2v) is 4.90. The molecular weight excluding hydrogens is 272 g/mol. The highest BCUT2D eigenvalue weighted by Crippen LogP contribution is 2.30. The van der Waals surface area contributed by atoms with Crippen molar-refractivity contribution in [1.82, 2.24) is 0 Å². The van der Waals surface area contributed by atoms with Gasteiger partial charge in [0.25, 0.3) is 0 Å². The lowest BCUT2D eigenvalue weighted by molar-refractivity contribution is 0.472. The smallest absolute Gasteiger partial charge is 0.121 e.